The lowest BCUT2D eigenvalue weighted by molar-refractivity contribution is 0.112. The van der Waals surface area contributed by atoms with Gasteiger partial charge >= 0.3 is 0 Å². The summed E-state index contributed by atoms with van der Waals surface area (Å²) in [7, 11) is 0. The molecule has 0 aromatic heterocycles. The number of nitrogens with zero attached hydrogens (tertiary/aromatic N) is 1. The maximum atomic E-state index is 3.75. The summed E-state index contributed by atoms with van der Waals surface area (Å²) in [5, 5.41) is 3.75. The third-order valence-electron chi connectivity index (χ3n) is 5.61. The number of nitrogens with one attached hydrogen (secondary N) is 1. The summed E-state index contributed by atoms with van der Waals surface area (Å²) in [6.07, 6.45) is 9.97. The fraction of sp³-hybridized carbons (Fsp3) is 1.00. The summed E-state index contributed by atoms with van der Waals surface area (Å²) in [5.41, 5.74) is 0. The van der Waals surface area contributed by atoms with Crippen molar-refractivity contribution >= 4 is 0 Å². The zero-order chi connectivity index (χ0) is 14.4. The van der Waals surface area contributed by atoms with Crippen molar-refractivity contribution in [1.82, 2.24) is 10.2 Å². The molecule has 0 bridgehead atoms. The third-order valence-corrected chi connectivity index (χ3v) is 5.61. The summed E-state index contributed by atoms with van der Waals surface area (Å²) < 4.78 is 0. The lowest BCUT2D eigenvalue weighted by atomic mass is 9.78. The molecule has 1 heterocycles. The monoisotopic (exact) mass is 280 g/mol. The van der Waals surface area contributed by atoms with Crippen LogP contribution in [0, 0.1) is 17.8 Å². The van der Waals surface area contributed by atoms with Crippen molar-refractivity contribution in [3.05, 3.63) is 0 Å². The van der Waals surface area contributed by atoms with Crippen LogP contribution >= 0.6 is 0 Å². The van der Waals surface area contributed by atoms with Crippen LogP contribution in [0.3, 0.4) is 0 Å². The van der Waals surface area contributed by atoms with Gasteiger partial charge in [-0.3, -0.25) is 0 Å². The molecule has 0 spiro atoms. The van der Waals surface area contributed by atoms with E-state index in [2.05, 4.69) is 31.0 Å². The Hall–Kier alpha value is -0.0800. The Morgan fingerprint density at radius 3 is 2.45 bits per heavy atom. The van der Waals surface area contributed by atoms with Gasteiger partial charge in [0.15, 0.2) is 0 Å². The van der Waals surface area contributed by atoms with Gasteiger partial charge in [0.25, 0.3) is 0 Å². The lowest BCUT2D eigenvalue weighted by Crippen LogP contribution is -2.47. The predicted molar refractivity (Wildman–Crippen MR) is 88.0 cm³/mol. The summed E-state index contributed by atoms with van der Waals surface area (Å²) in [6.45, 7) is 12.2. The largest absolute Gasteiger partial charge is 0.314 e. The van der Waals surface area contributed by atoms with Gasteiger partial charge in [0, 0.05) is 12.6 Å². The van der Waals surface area contributed by atoms with E-state index < -0.39 is 0 Å². The summed E-state index contributed by atoms with van der Waals surface area (Å²) in [6, 6.07) is 0.782. The Morgan fingerprint density at radius 1 is 1.05 bits per heavy atom. The smallest absolute Gasteiger partial charge is 0.0108 e. The van der Waals surface area contributed by atoms with E-state index in [1.54, 1.807) is 0 Å². The van der Waals surface area contributed by atoms with Crippen LogP contribution < -0.4 is 5.32 Å². The minimum atomic E-state index is 0.782. The molecule has 1 aliphatic heterocycles. The molecular formula is C18H36N2. The topological polar surface area (TPSA) is 15.3 Å². The fourth-order valence-electron chi connectivity index (χ4n) is 4.43. The Labute approximate surface area is 126 Å². The first-order chi connectivity index (χ1) is 9.72. The first kappa shape index (κ1) is 16.3. The highest BCUT2D eigenvalue weighted by atomic mass is 15.1. The molecule has 3 atom stereocenters. The predicted octanol–water partition coefficient (Wildman–Crippen LogP) is 3.91. The highest BCUT2D eigenvalue weighted by Gasteiger charge is 2.30. The maximum Gasteiger partial charge on any atom is 0.0108 e. The van der Waals surface area contributed by atoms with Gasteiger partial charge in [-0.2, -0.15) is 0 Å². The van der Waals surface area contributed by atoms with E-state index >= 15 is 0 Å². The quantitative estimate of drug-likeness (QED) is 0.793. The van der Waals surface area contributed by atoms with E-state index in [-0.39, 0.29) is 0 Å². The van der Waals surface area contributed by atoms with E-state index in [1.165, 1.54) is 64.6 Å². The second-order valence-corrected chi connectivity index (χ2v) is 7.38. The summed E-state index contributed by atoms with van der Waals surface area (Å²) in [5.74, 6) is 2.85. The summed E-state index contributed by atoms with van der Waals surface area (Å²) in [4.78, 5) is 2.76. The van der Waals surface area contributed by atoms with Crippen LogP contribution in [0.15, 0.2) is 0 Å². The fourth-order valence-corrected chi connectivity index (χ4v) is 4.43. The number of likely N-dealkylation sites (tertiary alicyclic amines) is 1. The maximum absolute atomic E-state index is 3.75. The molecule has 20 heavy (non-hydrogen) atoms. The molecule has 2 nitrogen and oxygen atoms in total. The Morgan fingerprint density at radius 2 is 1.80 bits per heavy atom. The molecule has 118 valence electrons. The molecule has 2 aliphatic rings. The van der Waals surface area contributed by atoms with E-state index in [1.807, 2.05) is 0 Å². The molecule has 0 aromatic rings. The first-order valence-corrected chi connectivity index (χ1v) is 9.18. The van der Waals surface area contributed by atoms with Crippen molar-refractivity contribution in [2.45, 2.75) is 71.8 Å². The molecule has 1 N–H and O–H groups in total. The van der Waals surface area contributed by atoms with E-state index in [9.17, 15) is 0 Å². The van der Waals surface area contributed by atoms with Crippen LogP contribution in [0.2, 0.25) is 0 Å². The van der Waals surface area contributed by atoms with Crippen molar-refractivity contribution in [1.29, 1.82) is 0 Å². The van der Waals surface area contributed by atoms with Crippen molar-refractivity contribution in [3.63, 3.8) is 0 Å². The van der Waals surface area contributed by atoms with E-state index in [0.717, 1.165) is 30.3 Å². The lowest BCUT2D eigenvalue weighted by Gasteiger charge is -2.40. The molecule has 1 saturated heterocycles. The molecule has 0 radical (unpaired) electrons. The van der Waals surface area contributed by atoms with Crippen molar-refractivity contribution in [2.75, 3.05) is 26.2 Å². The van der Waals surface area contributed by atoms with E-state index in [0.29, 0.717) is 0 Å². The molecule has 1 aliphatic carbocycles. The van der Waals surface area contributed by atoms with Crippen LogP contribution in [-0.2, 0) is 0 Å². The molecule has 2 rings (SSSR count). The minimum Gasteiger partial charge on any atom is -0.314 e. The number of hydrogen-bond acceptors (Lipinski definition) is 2. The van der Waals surface area contributed by atoms with Crippen LogP contribution in [0.4, 0.5) is 0 Å². The van der Waals surface area contributed by atoms with Gasteiger partial charge in [-0.25, -0.2) is 0 Å². The van der Waals surface area contributed by atoms with E-state index in [4.69, 9.17) is 0 Å². The van der Waals surface area contributed by atoms with Crippen LogP contribution in [0.1, 0.15) is 65.7 Å². The van der Waals surface area contributed by atoms with Gasteiger partial charge in [0.05, 0.1) is 0 Å². The highest BCUT2D eigenvalue weighted by Crippen LogP contribution is 2.31. The number of rotatable bonds is 6. The van der Waals surface area contributed by atoms with Crippen LogP contribution in [0.25, 0.3) is 0 Å². The number of piperidine rings is 1. The van der Waals surface area contributed by atoms with Gasteiger partial charge in [0.1, 0.15) is 0 Å². The molecule has 2 heteroatoms. The van der Waals surface area contributed by atoms with Crippen LogP contribution in [0.5, 0.6) is 0 Å². The Balaban J connectivity index is 1.78. The van der Waals surface area contributed by atoms with Crippen LogP contribution in [-0.4, -0.2) is 37.1 Å². The number of hydrogen-bond donors (Lipinski definition) is 1. The Kier molecular flexibility index (Phi) is 6.83. The van der Waals surface area contributed by atoms with Crippen molar-refractivity contribution in [2.24, 2.45) is 17.8 Å². The standard InChI is InChI=1S/C18H36N2/c1-4-6-16-9-11-20(12-10-16)14-17-13-15(3)7-8-18(17)19-5-2/h15-19H,4-14H2,1-3H3. The molecular weight excluding hydrogens is 244 g/mol. The highest BCUT2D eigenvalue weighted by molar-refractivity contribution is 4.86. The van der Waals surface area contributed by atoms with Gasteiger partial charge in [-0.15, -0.1) is 0 Å². The second kappa shape index (κ2) is 8.38. The van der Waals surface area contributed by atoms with Crippen molar-refractivity contribution < 1.29 is 0 Å². The molecule has 3 unspecified atom stereocenters. The zero-order valence-corrected chi connectivity index (χ0v) is 14.0. The van der Waals surface area contributed by atoms with Gasteiger partial charge in [-0.05, 0) is 69.5 Å². The van der Waals surface area contributed by atoms with Gasteiger partial charge < -0.3 is 10.2 Å². The third kappa shape index (κ3) is 4.73. The summed E-state index contributed by atoms with van der Waals surface area (Å²) >= 11 is 0. The normalized spacial score (nSPS) is 33.5. The SMILES string of the molecule is CCCC1CCN(CC2CC(C)CCC2NCC)CC1. The Bertz CT molecular complexity index is 258. The molecule has 1 saturated carbocycles. The average molecular weight is 281 g/mol. The second-order valence-electron chi connectivity index (χ2n) is 7.38. The molecule has 0 aromatic carbocycles. The van der Waals surface area contributed by atoms with Gasteiger partial charge in [0.2, 0.25) is 0 Å². The average Bonchev–Trinajstić information content (AvgIpc) is 2.44. The van der Waals surface area contributed by atoms with Gasteiger partial charge in [-0.1, -0.05) is 33.6 Å². The van der Waals surface area contributed by atoms with Crippen molar-refractivity contribution in [3.8, 4) is 0 Å². The zero-order valence-electron chi connectivity index (χ0n) is 14.0. The molecule has 0 amide bonds. The minimum absolute atomic E-state index is 0.782. The first-order valence-electron chi connectivity index (χ1n) is 9.18. The molecule has 2 fully saturated rings.